The molecule has 0 fully saturated rings. The van der Waals surface area contributed by atoms with Crippen molar-refractivity contribution in [1.29, 1.82) is 0 Å². The van der Waals surface area contributed by atoms with E-state index in [1.54, 1.807) is 0 Å². The Bertz CT molecular complexity index is 139. The zero-order chi connectivity index (χ0) is 7.11. The normalized spacial score (nSPS) is 7.33. The molecule has 9 heavy (non-hydrogen) atoms. The number of aliphatic hydroxyl groups excluding tert-OH is 1. The van der Waals surface area contributed by atoms with Crippen LogP contribution >= 0.6 is 0 Å². The minimum absolute atomic E-state index is 0.822. The predicted molar refractivity (Wildman–Crippen MR) is 39.0 cm³/mol. The third-order valence-electron chi connectivity index (χ3n) is 0.800. The van der Waals surface area contributed by atoms with E-state index in [4.69, 9.17) is 10.8 Å². The number of para-hydroxylation sites is 1. The van der Waals surface area contributed by atoms with E-state index < -0.39 is 0 Å². The fraction of sp³-hybridized carbons (Fsp3) is 0.143. The first-order valence-corrected chi connectivity index (χ1v) is 2.65. The van der Waals surface area contributed by atoms with Gasteiger partial charge >= 0.3 is 0 Å². The summed E-state index contributed by atoms with van der Waals surface area (Å²) in [5.41, 5.74) is 6.18. The van der Waals surface area contributed by atoms with Gasteiger partial charge in [-0.15, -0.1) is 0 Å². The molecule has 0 heterocycles. The highest BCUT2D eigenvalue weighted by molar-refractivity contribution is 5.35. The largest absolute Gasteiger partial charge is 0.400 e. The molecule has 0 spiro atoms. The van der Waals surface area contributed by atoms with Crippen LogP contribution in [0, 0.1) is 0 Å². The molecule has 0 atom stereocenters. The summed E-state index contributed by atoms with van der Waals surface area (Å²) in [7, 11) is 1.00. The molecule has 2 heteroatoms. The molecular formula is C7H11NO. The maximum absolute atomic E-state index is 7.00. The van der Waals surface area contributed by atoms with Crippen LogP contribution in [0.4, 0.5) is 5.69 Å². The van der Waals surface area contributed by atoms with Crippen molar-refractivity contribution in [1.82, 2.24) is 0 Å². The molecule has 0 aliphatic rings. The second kappa shape index (κ2) is 5.12. The zero-order valence-corrected chi connectivity index (χ0v) is 5.41. The molecule has 0 bridgehead atoms. The smallest absolute Gasteiger partial charge is 0.0319 e. The van der Waals surface area contributed by atoms with Gasteiger partial charge in [0.25, 0.3) is 0 Å². The Morgan fingerprint density at radius 1 is 1.11 bits per heavy atom. The van der Waals surface area contributed by atoms with Crippen LogP contribution in [0.1, 0.15) is 0 Å². The molecule has 0 saturated carbocycles. The highest BCUT2D eigenvalue weighted by atomic mass is 16.2. The van der Waals surface area contributed by atoms with Crippen LogP contribution in [0.2, 0.25) is 0 Å². The highest BCUT2D eigenvalue weighted by Crippen LogP contribution is 1.95. The number of rotatable bonds is 0. The lowest BCUT2D eigenvalue weighted by atomic mass is 10.3. The summed E-state index contributed by atoms with van der Waals surface area (Å²) in [5, 5.41) is 7.00. The van der Waals surface area contributed by atoms with Crippen molar-refractivity contribution in [3.05, 3.63) is 30.3 Å². The quantitative estimate of drug-likeness (QED) is 0.505. The summed E-state index contributed by atoms with van der Waals surface area (Å²) in [6.07, 6.45) is 0. The highest BCUT2D eigenvalue weighted by Gasteiger charge is 1.72. The lowest BCUT2D eigenvalue weighted by Crippen LogP contribution is -1.79. The molecule has 50 valence electrons. The minimum atomic E-state index is 0.822. The molecule has 2 nitrogen and oxygen atoms in total. The van der Waals surface area contributed by atoms with Crippen molar-refractivity contribution in [3.8, 4) is 0 Å². The van der Waals surface area contributed by atoms with Crippen LogP contribution in [0.5, 0.6) is 0 Å². The van der Waals surface area contributed by atoms with Crippen molar-refractivity contribution in [2.24, 2.45) is 0 Å². The van der Waals surface area contributed by atoms with Crippen molar-refractivity contribution in [2.75, 3.05) is 12.8 Å². The number of nitrogens with two attached hydrogens (primary N) is 1. The van der Waals surface area contributed by atoms with E-state index in [2.05, 4.69) is 0 Å². The Hall–Kier alpha value is -1.02. The Labute approximate surface area is 54.9 Å². The van der Waals surface area contributed by atoms with Crippen molar-refractivity contribution in [3.63, 3.8) is 0 Å². The van der Waals surface area contributed by atoms with E-state index in [-0.39, 0.29) is 0 Å². The first kappa shape index (κ1) is 7.98. The van der Waals surface area contributed by atoms with Gasteiger partial charge in [0.1, 0.15) is 0 Å². The average molecular weight is 125 g/mol. The van der Waals surface area contributed by atoms with Gasteiger partial charge < -0.3 is 10.8 Å². The van der Waals surface area contributed by atoms with Crippen LogP contribution < -0.4 is 5.73 Å². The molecular weight excluding hydrogens is 114 g/mol. The van der Waals surface area contributed by atoms with Crippen molar-refractivity contribution >= 4 is 5.69 Å². The van der Waals surface area contributed by atoms with Gasteiger partial charge in [0, 0.05) is 12.8 Å². The summed E-state index contributed by atoms with van der Waals surface area (Å²) < 4.78 is 0. The summed E-state index contributed by atoms with van der Waals surface area (Å²) in [5.74, 6) is 0. The number of benzene rings is 1. The SMILES string of the molecule is CO.Nc1ccccc1. The third kappa shape index (κ3) is 3.55. The summed E-state index contributed by atoms with van der Waals surface area (Å²) in [6.45, 7) is 0. The molecule has 3 N–H and O–H groups in total. The van der Waals surface area contributed by atoms with E-state index in [0.29, 0.717) is 0 Å². The number of hydrogen-bond acceptors (Lipinski definition) is 2. The molecule has 0 unspecified atom stereocenters. The van der Waals surface area contributed by atoms with Crippen LogP contribution in [-0.2, 0) is 0 Å². The first-order chi connectivity index (χ1) is 4.39. The fourth-order valence-corrected chi connectivity index (χ4v) is 0.453. The Balaban J connectivity index is 0.000000291. The van der Waals surface area contributed by atoms with Gasteiger partial charge in [-0.25, -0.2) is 0 Å². The first-order valence-electron chi connectivity index (χ1n) is 2.65. The molecule has 1 rings (SSSR count). The zero-order valence-electron chi connectivity index (χ0n) is 5.41. The van der Waals surface area contributed by atoms with Gasteiger partial charge in [0.2, 0.25) is 0 Å². The van der Waals surface area contributed by atoms with Gasteiger partial charge in [-0.3, -0.25) is 0 Å². The van der Waals surface area contributed by atoms with Gasteiger partial charge in [0.15, 0.2) is 0 Å². The summed E-state index contributed by atoms with van der Waals surface area (Å²) >= 11 is 0. The third-order valence-corrected chi connectivity index (χ3v) is 0.800. The topological polar surface area (TPSA) is 46.2 Å². The molecule has 1 aromatic carbocycles. The minimum Gasteiger partial charge on any atom is -0.400 e. The van der Waals surface area contributed by atoms with Crippen molar-refractivity contribution in [2.45, 2.75) is 0 Å². The van der Waals surface area contributed by atoms with Crippen LogP contribution in [0.3, 0.4) is 0 Å². The van der Waals surface area contributed by atoms with E-state index in [9.17, 15) is 0 Å². The van der Waals surface area contributed by atoms with Crippen LogP contribution in [0.15, 0.2) is 30.3 Å². The lowest BCUT2D eigenvalue weighted by molar-refractivity contribution is 0.399. The molecule has 0 aliphatic carbocycles. The number of hydrogen-bond donors (Lipinski definition) is 2. The second-order valence-electron chi connectivity index (χ2n) is 1.41. The number of nitrogen functional groups attached to an aromatic ring is 1. The number of anilines is 1. The summed E-state index contributed by atoms with van der Waals surface area (Å²) in [4.78, 5) is 0. The molecule has 0 radical (unpaired) electrons. The second-order valence-corrected chi connectivity index (χ2v) is 1.41. The average Bonchev–Trinajstić information content (AvgIpc) is 1.94. The predicted octanol–water partition coefficient (Wildman–Crippen LogP) is 0.877. The van der Waals surface area contributed by atoms with Gasteiger partial charge in [-0.1, -0.05) is 18.2 Å². The van der Waals surface area contributed by atoms with Crippen LogP contribution in [-0.4, -0.2) is 12.2 Å². The molecule has 1 aromatic rings. The van der Waals surface area contributed by atoms with E-state index in [0.717, 1.165) is 12.8 Å². The van der Waals surface area contributed by atoms with Gasteiger partial charge in [0.05, 0.1) is 0 Å². The van der Waals surface area contributed by atoms with Crippen molar-refractivity contribution < 1.29 is 5.11 Å². The maximum Gasteiger partial charge on any atom is 0.0319 e. The lowest BCUT2D eigenvalue weighted by Gasteiger charge is -1.83. The Morgan fingerprint density at radius 2 is 1.56 bits per heavy atom. The Kier molecular flexibility index (Phi) is 4.54. The summed E-state index contributed by atoms with van der Waals surface area (Å²) in [6, 6.07) is 9.49. The molecule has 0 aliphatic heterocycles. The van der Waals surface area contributed by atoms with Gasteiger partial charge in [-0.05, 0) is 12.1 Å². The molecule has 0 saturated heterocycles. The standard InChI is InChI=1S/C6H7N.CH4O/c7-6-4-2-1-3-5-6;1-2/h1-5H,7H2;2H,1H3. The Morgan fingerprint density at radius 3 is 1.78 bits per heavy atom. The number of aliphatic hydroxyl groups is 1. The monoisotopic (exact) mass is 125 g/mol. The maximum atomic E-state index is 7.00. The van der Waals surface area contributed by atoms with E-state index in [1.807, 2.05) is 30.3 Å². The molecule has 0 aromatic heterocycles. The van der Waals surface area contributed by atoms with E-state index >= 15 is 0 Å². The fourth-order valence-electron chi connectivity index (χ4n) is 0.453. The van der Waals surface area contributed by atoms with E-state index in [1.165, 1.54) is 0 Å². The molecule has 0 amide bonds. The van der Waals surface area contributed by atoms with Crippen LogP contribution in [0.25, 0.3) is 0 Å². The van der Waals surface area contributed by atoms with Gasteiger partial charge in [-0.2, -0.15) is 0 Å².